The van der Waals surface area contributed by atoms with Crippen LogP contribution in [0, 0.1) is 11.7 Å². The molecule has 0 N–H and O–H groups in total. The van der Waals surface area contributed by atoms with Crippen LogP contribution in [0.3, 0.4) is 0 Å². The first-order valence-electron chi connectivity index (χ1n) is 11.2. The summed E-state index contributed by atoms with van der Waals surface area (Å²) in [7, 11) is -3.56. The molecule has 5 nitrogen and oxygen atoms in total. The fraction of sp³-hybridized carbons (Fsp3) is 0.458. The minimum atomic E-state index is -3.56. The predicted octanol–water partition coefficient (Wildman–Crippen LogP) is 3.69. The summed E-state index contributed by atoms with van der Waals surface area (Å²) in [6.45, 7) is 1.14. The third kappa shape index (κ3) is 3.68. The molecule has 0 spiro atoms. The van der Waals surface area contributed by atoms with Gasteiger partial charge in [0.2, 0.25) is 15.9 Å². The van der Waals surface area contributed by atoms with E-state index in [9.17, 15) is 17.6 Å². The number of aryl methyl sites for hydroxylation is 3. The molecule has 2 aromatic rings. The predicted molar refractivity (Wildman–Crippen MR) is 117 cm³/mol. The van der Waals surface area contributed by atoms with Gasteiger partial charge in [0.15, 0.2) is 0 Å². The molecule has 0 radical (unpaired) electrons. The molecule has 3 aliphatic rings. The smallest absolute Gasteiger partial charge is 0.243 e. The minimum absolute atomic E-state index is 0.0828. The van der Waals surface area contributed by atoms with Crippen molar-refractivity contribution in [3.63, 3.8) is 0 Å². The van der Waals surface area contributed by atoms with Crippen molar-refractivity contribution in [3.8, 4) is 0 Å². The van der Waals surface area contributed by atoms with Gasteiger partial charge in [-0.05, 0) is 79.8 Å². The summed E-state index contributed by atoms with van der Waals surface area (Å²) in [5, 5.41) is 0. The van der Waals surface area contributed by atoms with Crippen LogP contribution in [0.15, 0.2) is 41.3 Å². The minimum Gasteiger partial charge on any atom is -0.309 e. The number of halogens is 1. The van der Waals surface area contributed by atoms with Crippen LogP contribution in [0.4, 0.5) is 10.1 Å². The second kappa shape index (κ2) is 8.02. The molecule has 0 saturated carbocycles. The quantitative estimate of drug-likeness (QED) is 0.729. The molecule has 2 aromatic carbocycles. The molecule has 1 fully saturated rings. The van der Waals surface area contributed by atoms with Crippen LogP contribution in [0.5, 0.6) is 0 Å². The van der Waals surface area contributed by atoms with Gasteiger partial charge in [-0.25, -0.2) is 12.8 Å². The summed E-state index contributed by atoms with van der Waals surface area (Å²) in [5.74, 6) is -0.722. The summed E-state index contributed by atoms with van der Waals surface area (Å²) in [5.41, 5.74) is 3.66. The van der Waals surface area contributed by atoms with Gasteiger partial charge in [0.25, 0.3) is 0 Å². The number of hydrogen-bond donors (Lipinski definition) is 0. The molecule has 0 atom stereocenters. The van der Waals surface area contributed by atoms with Crippen molar-refractivity contribution in [3.05, 3.63) is 58.9 Å². The lowest BCUT2D eigenvalue weighted by Crippen LogP contribution is -2.46. The summed E-state index contributed by atoms with van der Waals surface area (Å²) in [4.78, 5) is 15.2. The number of rotatable bonds is 3. The zero-order chi connectivity index (χ0) is 21.6. The van der Waals surface area contributed by atoms with Gasteiger partial charge in [-0.3, -0.25) is 4.79 Å². The number of sulfonamides is 1. The van der Waals surface area contributed by atoms with E-state index in [0.717, 1.165) is 43.2 Å². The number of anilines is 1. The summed E-state index contributed by atoms with van der Waals surface area (Å²) in [6, 6.07) is 10.4. The molecular formula is C24H27FN2O3S. The molecule has 5 rings (SSSR count). The topological polar surface area (TPSA) is 57.7 Å². The molecule has 2 aliphatic heterocycles. The van der Waals surface area contributed by atoms with Crippen molar-refractivity contribution in [1.29, 1.82) is 0 Å². The molecule has 7 heteroatoms. The molecule has 1 amide bonds. The fourth-order valence-corrected chi connectivity index (χ4v) is 6.77. The van der Waals surface area contributed by atoms with Gasteiger partial charge in [-0.15, -0.1) is 0 Å². The fourth-order valence-electron chi connectivity index (χ4n) is 5.25. The summed E-state index contributed by atoms with van der Waals surface area (Å²) < 4.78 is 42.3. The number of hydrogen-bond acceptors (Lipinski definition) is 3. The molecular weight excluding hydrogens is 415 g/mol. The van der Waals surface area contributed by atoms with Crippen LogP contribution in [0.1, 0.15) is 42.4 Å². The van der Waals surface area contributed by atoms with E-state index >= 15 is 0 Å². The molecule has 31 heavy (non-hydrogen) atoms. The van der Waals surface area contributed by atoms with Crippen LogP contribution < -0.4 is 4.90 Å². The summed E-state index contributed by atoms with van der Waals surface area (Å²) in [6.07, 6.45) is 5.54. The number of benzene rings is 2. The third-order valence-corrected chi connectivity index (χ3v) is 8.84. The van der Waals surface area contributed by atoms with Gasteiger partial charge in [0, 0.05) is 25.6 Å². The van der Waals surface area contributed by atoms with Gasteiger partial charge in [0.1, 0.15) is 5.82 Å². The van der Waals surface area contributed by atoms with Gasteiger partial charge in [-0.1, -0.05) is 18.2 Å². The highest BCUT2D eigenvalue weighted by Crippen LogP contribution is 2.34. The number of carbonyl (C=O) groups is 1. The van der Waals surface area contributed by atoms with Crippen LogP contribution >= 0.6 is 0 Å². The Labute approximate surface area is 182 Å². The number of carbonyl (C=O) groups excluding carboxylic acids is 1. The van der Waals surface area contributed by atoms with E-state index in [-0.39, 0.29) is 17.6 Å². The van der Waals surface area contributed by atoms with Crippen molar-refractivity contribution >= 4 is 21.6 Å². The van der Waals surface area contributed by atoms with Crippen LogP contribution in [-0.2, 0) is 34.1 Å². The number of fused-ring (bicyclic) bond motifs is 2. The molecule has 2 heterocycles. The lowest BCUT2D eigenvalue weighted by atomic mass is 9.94. The number of piperidine rings is 1. The van der Waals surface area contributed by atoms with Crippen molar-refractivity contribution < 1.29 is 17.6 Å². The first-order chi connectivity index (χ1) is 14.9. The second-order valence-electron chi connectivity index (χ2n) is 8.80. The van der Waals surface area contributed by atoms with Gasteiger partial charge < -0.3 is 4.90 Å². The highest BCUT2D eigenvalue weighted by Gasteiger charge is 2.36. The molecule has 0 unspecified atom stereocenters. The van der Waals surface area contributed by atoms with Crippen molar-refractivity contribution in [2.75, 3.05) is 24.5 Å². The molecule has 1 aliphatic carbocycles. The van der Waals surface area contributed by atoms with Crippen molar-refractivity contribution in [2.24, 2.45) is 5.92 Å². The molecule has 1 saturated heterocycles. The Morgan fingerprint density at radius 2 is 1.65 bits per heavy atom. The van der Waals surface area contributed by atoms with E-state index in [1.807, 2.05) is 18.2 Å². The maximum absolute atomic E-state index is 14.5. The first kappa shape index (κ1) is 20.6. The Balaban J connectivity index is 1.29. The van der Waals surface area contributed by atoms with Gasteiger partial charge >= 0.3 is 0 Å². The van der Waals surface area contributed by atoms with Gasteiger partial charge in [-0.2, -0.15) is 4.31 Å². The molecule has 0 bridgehead atoms. The normalized spacial score (nSPS) is 19.8. The van der Waals surface area contributed by atoms with E-state index in [1.165, 1.54) is 15.9 Å². The van der Waals surface area contributed by atoms with E-state index in [1.54, 1.807) is 17.0 Å². The van der Waals surface area contributed by atoms with Crippen LogP contribution in [0.2, 0.25) is 0 Å². The van der Waals surface area contributed by atoms with Crippen molar-refractivity contribution in [1.82, 2.24) is 4.31 Å². The second-order valence-corrected chi connectivity index (χ2v) is 10.7. The average molecular weight is 443 g/mol. The van der Waals surface area contributed by atoms with Crippen LogP contribution in [-0.4, -0.2) is 38.3 Å². The lowest BCUT2D eigenvalue weighted by molar-refractivity contribution is -0.123. The number of para-hydroxylation sites is 1. The monoisotopic (exact) mass is 442 g/mol. The first-order valence-corrected chi connectivity index (χ1v) is 12.6. The molecule has 0 aromatic heterocycles. The Morgan fingerprint density at radius 1 is 0.903 bits per heavy atom. The van der Waals surface area contributed by atoms with Crippen molar-refractivity contribution in [2.45, 2.75) is 49.8 Å². The number of amides is 1. The Morgan fingerprint density at radius 3 is 2.45 bits per heavy atom. The van der Waals surface area contributed by atoms with E-state index < -0.39 is 10.0 Å². The zero-order valence-corrected chi connectivity index (χ0v) is 18.3. The lowest BCUT2D eigenvalue weighted by Gasteiger charge is -2.36. The summed E-state index contributed by atoms with van der Waals surface area (Å²) >= 11 is 0. The standard InChI is InChI=1S/C24H27FN2O3S/c25-22-8-2-5-18-7-3-13-27(23(18)22)24(28)19-11-14-26(15-12-19)31(29,30)21-10-9-17-4-1-6-20(17)16-21/h2,5,8-10,16,19H,1,3-4,6-7,11-15H2. The third-order valence-electron chi connectivity index (χ3n) is 6.95. The highest BCUT2D eigenvalue weighted by molar-refractivity contribution is 7.89. The largest absolute Gasteiger partial charge is 0.309 e. The zero-order valence-electron chi connectivity index (χ0n) is 17.5. The Bertz CT molecular complexity index is 1120. The van der Waals surface area contributed by atoms with Crippen LogP contribution in [0.25, 0.3) is 0 Å². The Kier molecular flexibility index (Phi) is 5.34. The highest BCUT2D eigenvalue weighted by atomic mass is 32.2. The SMILES string of the molecule is O=C(C1CCN(S(=O)(=O)c2ccc3c(c2)CCC3)CC1)N1CCCc2cccc(F)c21. The van der Waals surface area contributed by atoms with E-state index in [4.69, 9.17) is 0 Å². The Hall–Kier alpha value is -2.25. The maximum Gasteiger partial charge on any atom is 0.243 e. The number of nitrogens with zero attached hydrogens (tertiary/aromatic N) is 2. The molecule has 164 valence electrons. The maximum atomic E-state index is 14.5. The van der Waals surface area contributed by atoms with Gasteiger partial charge in [0.05, 0.1) is 10.6 Å². The average Bonchev–Trinajstić information content (AvgIpc) is 3.26. The van der Waals surface area contributed by atoms with E-state index in [2.05, 4.69) is 0 Å². The van der Waals surface area contributed by atoms with E-state index in [0.29, 0.717) is 43.1 Å².